The fourth-order valence-corrected chi connectivity index (χ4v) is 2.45. The van der Waals surface area contributed by atoms with E-state index in [0.717, 1.165) is 15.6 Å². The quantitative estimate of drug-likeness (QED) is 0.842. The number of amides is 1. The fourth-order valence-electron chi connectivity index (χ4n) is 1.52. The van der Waals surface area contributed by atoms with Crippen LogP contribution < -0.4 is 11.1 Å². The summed E-state index contributed by atoms with van der Waals surface area (Å²) >= 11 is 1.62. The maximum Gasteiger partial charge on any atom is 0.237 e. The van der Waals surface area contributed by atoms with Crippen LogP contribution in [0, 0.1) is 13.8 Å². The lowest BCUT2D eigenvalue weighted by molar-refractivity contribution is -0.123. The molecule has 0 aliphatic heterocycles. The zero-order chi connectivity index (χ0) is 12.3. The first-order valence-corrected chi connectivity index (χ1v) is 6.27. The van der Waals surface area contributed by atoms with E-state index in [1.165, 1.54) is 0 Å². The van der Waals surface area contributed by atoms with E-state index in [1.54, 1.807) is 11.3 Å². The van der Waals surface area contributed by atoms with Gasteiger partial charge in [0.15, 0.2) is 0 Å². The fraction of sp³-hybridized carbons (Fsp3) is 0.636. The van der Waals surface area contributed by atoms with Crippen LogP contribution in [-0.4, -0.2) is 16.9 Å². The Bertz CT molecular complexity index is 375. The highest BCUT2D eigenvalue weighted by Gasteiger charge is 2.18. The second-order valence-electron chi connectivity index (χ2n) is 3.93. The number of aromatic nitrogens is 1. The molecule has 1 rings (SSSR count). The normalized spacial score (nSPS) is 14.6. The van der Waals surface area contributed by atoms with Gasteiger partial charge in [0, 0.05) is 4.88 Å². The molecule has 0 aliphatic carbocycles. The van der Waals surface area contributed by atoms with Gasteiger partial charge in [-0.1, -0.05) is 6.92 Å². The van der Waals surface area contributed by atoms with Crippen molar-refractivity contribution in [3.63, 3.8) is 0 Å². The molecule has 90 valence electrons. The molecule has 16 heavy (non-hydrogen) atoms. The van der Waals surface area contributed by atoms with Crippen LogP contribution >= 0.6 is 11.3 Å². The second kappa shape index (κ2) is 5.41. The molecular weight excluding hydrogens is 222 g/mol. The first-order chi connectivity index (χ1) is 7.45. The second-order valence-corrected chi connectivity index (χ2v) is 5.16. The lowest BCUT2D eigenvalue weighted by Crippen LogP contribution is -2.41. The average molecular weight is 241 g/mol. The molecule has 0 saturated carbocycles. The molecule has 2 atom stereocenters. The van der Waals surface area contributed by atoms with Crippen LogP contribution in [0.5, 0.6) is 0 Å². The number of carbonyl (C=O) groups is 1. The minimum atomic E-state index is -0.420. The van der Waals surface area contributed by atoms with Gasteiger partial charge in [-0.2, -0.15) is 0 Å². The largest absolute Gasteiger partial charge is 0.347 e. The van der Waals surface area contributed by atoms with Crippen molar-refractivity contribution in [2.24, 2.45) is 5.73 Å². The van der Waals surface area contributed by atoms with Crippen molar-refractivity contribution in [2.45, 2.75) is 46.2 Å². The van der Waals surface area contributed by atoms with Crippen LogP contribution in [0.3, 0.4) is 0 Å². The molecule has 0 aromatic carbocycles. The molecule has 3 N–H and O–H groups in total. The number of hydrogen-bond donors (Lipinski definition) is 2. The summed E-state index contributed by atoms with van der Waals surface area (Å²) in [6, 6.07) is -0.437. The Morgan fingerprint density at radius 3 is 2.62 bits per heavy atom. The summed E-state index contributed by atoms with van der Waals surface area (Å²) in [6.45, 7) is 7.78. The van der Waals surface area contributed by atoms with Crippen LogP contribution in [0.25, 0.3) is 0 Å². The highest BCUT2D eigenvalue weighted by molar-refractivity contribution is 7.11. The SMILES string of the molecule is CC[C@H](N)C(=O)NC(C)c1sc(C)nc1C. The molecule has 0 radical (unpaired) electrons. The molecule has 0 saturated heterocycles. The zero-order valence-electron chi connectivity index (χ0n) is 10.2. The van der Waals surface area contributed by atoms with Crippen LogP contribution in [0.15, 0.2) is 0 Å². The van der Waals surface area contributed by atoms with Gasteiger partial charge >= 0.3 is 0 Å². The van der Waals surface area contributed by atoms with E-state index in [9.17, 15) is 4.79 Å². The van der Waals surface area contributed by atoms with E-state index in [1.807, 2.05) is 27.7 Å². The topological polar surface area (TPSA) is 68.0 Å². The van der Waals surface area contributed by atoms with Gasteiger partial charge in [0.2, 0.25) is 5.91 Å². The van der Waals surface area contributed by atoms with Crippen molar-refractivity contribution >= 4 is 17.2 Å². The van der Waals surface area contributed by atoms with Gasteiger partial charge in [0.05, 0.1) is 22.8 Å². The minimum Gasteiger partial charge on any atom is -0.347 e. The Hall–Kier alpha value is -0.940. The maximum atomic E-state index is 11.6. The molecule has 1 aromatic rings. The number of aryl methyl sites for hydroxylation is 2. The van der Waals surface area contributed by atoms with Gasteiger partial charge in [-0.15, -0.1) is 11.3 Å². The Balaban J connectivity index is 2.69. The third-order valence-corrected chi connectivity index (χ3v) is 3.72. The van der Waals surface area contributed by atoms with Crippen molar-refractivity contribution in [3.05, 3.63) is 15.6 Å². The molecular formula is C11H19N3OS. The summed E-state index contributed by atoms with van der Waals surface area (Å²) < 4.78 is 0. The number of nitrogens with two attached hydrogens (primary N) is 1. The third-order valence-electron chi connectivity index (χ3n) is 2.47. The Morgan fingerprint density at radius 2 is 2.19 bits per heavy atom. The van der Waals surface area contributed by atoms with Crippen molar-refractivity contribution < 1.29 is 4.79 Å². The summed E-state index contributed by atoms with van der Waals surface area (Å²) in [5.41, 5.74) is 6.65. The molecule has 0 aliphatic rings. The standard InChI is InChI=1S/C11H19N3OS/c1-5-9(12)11(15)14-7(3)10-6(2)13-8(4)16-10/h7,9H,5,12H2,1-4H3,(H,14,15)/t7?,9-/m0/s1. The van der Waals surface area contributed by atoms with Crippen molar-refractivity contribution in [1.29, 1.82) is 0 Å². The summed E-state index contributed by atoms with van der Waals surface area (Å²) in [5, 5.41) is 3.93. The third kappa shape index (κ3) is 3.02. The Labute approximate surface area is 100 Å². The molecule has 0 bridgehead atoms. The van der Waals surface area contributed by atoms with E-state index >= 15 is 0 Å². The van der Waals surface area contributed by atoms with E-state index in [2.05, 4.69) is 10.3 Å². The number of hydrogen-bond acceptors (Lipinski definition) is 4. The van der Waals surface area contributed by atoms with Crippen molar-refractivity contribution in [3.8, 4) is 0 Å². The van der Waals surface area contributed by atoms with E-state index in [4.69, 9.17) is 5.73 Å². The van der Waals surface area contributed by atoms with E-state index < -0.39 is 6.04 Å². The minimum absolute atomic E-state index is 0.0173. The van der Waals surface area contributed by atoms with Gasteiger partial charge in [-0.3, -0.25) is 4.79 Å². The van der Waals surface area contributed by atoms with Gasteiger partial charge in [0.1, 0.15) is 0 Å². The van der Waals surface area contributed by atoms with Gasteiger partial charge in [-0.05, 0) is 27.2 Å². The number of rotatable bonds is 4. The van der Waals surface area contributed by atoms with E-state index in [-0.39, 0.29) is 11.9 Å². The summed E-state index contributed by atoms with van der Waals surface area (Å²) in [4.78, 5) is 17.1. The first-order valence-electron chi connectivity index (χ1n) is 5.45. The maximum absolute atomic E-state index is 11.6. The predicted octanol–water partition coefficient (Wildman–Crippen LogP) is 1.67. The van der Waals surface area contributed by atoms with Gasteiger partial charge in [-0.25, -0.2) is 4.98 Å². The van der Waals surface area contributed by atoms with E-state index in [0.29, 0.717) is 6.42 Å². The molecule has 4 nitrogen and oxygen atoms in total. The number of thiazole rings is 1. The summed E-state index contributed by atoms with van der Waals surface area (Å²) in [5.74, 6) is -0.0968. The number of carbonyl (C=O) groups excluding carboxylic acids is 1. The lowest BCUT2D eigenvalue weighted by Gasteiger charge is -2.15. The predicted molar refractivity (Wildman–Crippen MR) is 66.4 cm³/mol. The van der Waals surface area contributed by atoms with Crippen LogP contribution in [0.1, 0.15) is 41.9 Å². The highest BCUT2D eigenvalue weighted by Crippen LogP contribution is 2.24. The van der Waals surface area contributed by atoms with Crippen LogP contribution in [0.4, 0.5) is 0 Å². The summed E-state index contributed by atoms with van der Waals surface area (Å²) in [7, 11) is 0. The smallest absolute Gasteiger partial charge is 0.237 e. The molecule has 1 aromatic heterocycles. The van der Waals surface area contributed by atoms with Gasteiger partial charge in [0.25, 0.3) is 0 Å². The number of nitrogens with one attached hydrogen (secondary N) is 1. The molecule has 1 heterocycles. The van der Waals surface area contributed by atoms with Crippen LogP contribution in [-0.2, 0) is 4.79 Å². The molecule has 0 fully saturated rings. The summed E-state index contributed by atoms with van der Waals surface area (Å²) in [6.07, 6.45) is 0.652. The molecule has 0 spiro atoms. The monoisotopic (exact) mass is 241 g/mol. The van der Waals surface area contributed by atoms with Gasteiger partial charge < -0.3 is 11.1 Å². The molecule has 5 heteroatoms. The molecule has 1 amide bonds. The lowest BCUT2D eigenvalue weighted by atomic mass is 10.2. The Kier molecular flexibility index (Phi) is 4.44. The number of nitrogens with zero attached hydrogens (tertiary/aromatic N) is 1. The Morgan fingerprint density at radius 1 is 1.56 bits per heavy atom. The van der Waals surface area contributed by atoms with Crippen LogP contribution in [0.2, 0.25) is 0 Å². The highest BCUT2D eigenvalue weighted by atomic mass is 32.1. The van der Waals surface area contributed by atoms with Crippen molar-refractivity contribution in [2.75, 3.05) is 0 Å². The zero-order valence-corrected chi connectivity index (χ0v) is 11.0. The molecule has 1 unspecified atom stereocenters. The van der Waals surface area contributed by atoms with Crippen molar-refractivity contribution in [1.82, 2.24) is 10.3 Å². The first kappa shape index (κ1) is 13.1. The average Bonchev–Trinajstić information content (AvgIpc) is 2.56.